The SMILES string of the molecule is N#Cc1cccc(F)c1CC1CCOCC1. The third-order valence-electron chi connectivity index (χ3n) is 3.07. The molecule has 0 unspecified atom stereocenters. The van der Waals surface area contributed by atoms with Gasteiger partial charge < -0.3 is 4.74 Å². The van der Waals surface area contributed by atoms with Gasteiger partial charge in [-0.2, -0.15) is 5.26 Å². The largest absolute Gasteiger partial charge is 0.381 e. The van der Waals surface area contributed by atoms with Crippen LogP contribution in [0.2, 0.25) is 0 Å². The molecule has 1 heterocycles. The van der Waals surface area contributed by atoms with Gasteiger partial charge in [0.05, 0.1) is 11.6 Å². The summed E-state index contributed by atoms with van der Waals surface area (Å²) in [5.41, 5.74) is 1.03. The average molecular weight is 219 g/mol. The maximum atomic E-state index is 13.6. The Morgan fingerprint density at radius 1 is 1.38 bits per heavy atom. The summed E-state index contributed by atoms with van der Waals surface area (Å²) in [5, 5.41) is 8.93. The van der Waals surface area contributed by atoms with Crippen LogP contribution in [0.5, 0.6) is 0 Å². The second-order valence-corrected chi connectivity index (χ2v) is 4.14. The van der Waals surface area contributed by atoms with E-state index >= 15 is 0 Å². The lowest BCUT2D eigenvalue weighted by Gasteiger charge is -2.22. The molecule has 0 aliphatic carbocycles. The number of benzene rings is 1. The first-order valence-corrected chi connectivity index (χ1v) is 5.56. The van der Waals surface area contributed by atoms with Gasteiger partial charge in [0.1, 0.15) is 5.82 Å². The van der Waals surface area contributed by atoms with E-state index in [-0.39, 0.29) is 5.82 Å². The summed E-state index contributed by atoms with van der Waals surface area (Å²) in [7, 11) is 0. The zero-order chi connectivity index (χ0) is 11.4. The number of hydrogen-bond acceptors (Lipinski definition) is 2. The van der Waals surface area contributed by atoms with E-state index < -0.39 is 0 Å². The van der Waals surface area contributed by atoms with Crippen LogP contribution in [-0.2, 0) is 11.2 Å². The highest BCUT2D eigenvalue weighted by molar-refractivity contribution is 5.38. The first-order valence-electron chi connectivity index (χ1n) is 5.56. The van der Waals surface area contributed by atoms with Crippen molar-refractivity contribution in [2.75, 3.05) is 13.2 Å². The Morgan fingerprint density at radius 3 is 2.81 bits per heavy atom. The molecule has 1 saturated heterocycles. The second kappa shape index (κ2) is 5.09. The molecule has 1 aromatic rings. The number of ether oxygens (including phenoxy) is 1. The van der Waals surface area contributed by atoms with Crippen molar-refractivity contribution in [2.45, 2.75) is 19.3 Å². The van der Waals surface area contributed by atoms with Crippen LogP contribution in [0, 0.1) is 23.1 Å². The minimum absolute atomic E-state index is 0.259. The fraction of sp³-hybridized carbons (Fsp3) is 0.462. The second-order valence-electron chi connectivity index (χ2n) is 4.14. The van der Waals surface area contributed by atoms with Crippen molar-refractivity contribution in [2.24, 2.45) is 5.92 Å². The summed E-state index contributed by atoms with van der Waals surface area (Å²) in [6.45, 7) is 1.50. The van der Waals surface area contributed by atoms with Gasteiger partial charge in [-0.05, 0) is 37.3 Å². The molecule has 1 aliphatic heterocycles. The monoisotopic (exact) mass is 219 g/mol. The minimum Gasteiger partial charge on any atom is -0.381 e. The quantitative estimate of drug-likeness (QED) is 0.766. The highest BCUT2D eigenvalue weighted by Gasteiger charge is 2.18. The topological polar surface area (TPSA) is 33.0 Å². The lowest BCUT2D eigenvalue weighted by molar-refractivity contribution is 0.0663. The molecule has 0 radical (unpaired) electrons. The van der Waals surface area contributed by atoms with Crippen LogP contribution >= 0.6 is 0 Å². The van der Waals surface area contributed by atoms with Gasteiger partial charge in [-0.15, -0.1) is 0 Å². The fourth-order valence-electron chi connectivity index (χ4n) is 2.11. The third-order valence-corrected chi connectivity index (χ3v) is 3.07. The molecule has 1 aliphatic rings. The van der Waals surface area contributed by atoms with E-state index in [2.05, 4.69) is 6.07 Å². The van der Waals surface area contributed by atoms with Gasteiger partial charge >= 0.3 is 0 Å². The van der Waals surface area contributed by atoms with Crippen molar-refractivity contribution in [3.8, 4) is 6.07 Å². The van der Waals surface area contributed by atoms with E-state index in [9.17, 15) is 4.39 Å². The molecule has 1 aromatic carbocycles. The summed E-state index contributed by atoms with van der Waals surface area (Å²) < 4.78 is 18.9. The van der Waals surface area contributed by atoms with Crippen LogP contribution in [0.1, 0.15) is 24.0 Å². The van der Waals surface area contributed by atoms with E-state index in [1.807, 2.05) is 0 Å². The molecule has 0 saturated carbocycles. The number of hydrogen-bond donors (Lipinski definition) is 0. The summed E-state index contributed by atoms with van der Waals surface area (Å²) in [6.07, 6.45) is 2.57. The summed E-state index contributed by atoms with van der Waals surface area (Å²) in [4.78, 5) is 0. The van der Waals surface area contributed by atoms with E-state index in [0.29, 0.717) is 23.5 Å². The Kier molecular flexibility index (Phi) is 3.53. The molecule has 84 valence electrons. The van der Waals surface area contributed by atoms with Gasteiger partial charge in [0.25, 0.3) is 0 Å². The lowest BCUT2D eigenvalue weighted by atomic mass is 9.90. The van der Waals surface area contributed by atoms with Crippen LogP contribution in [-0.4, -0.2) is 13.2 Å². The van der Waals surface area contributed by atoms with E-state index in [4.69, 9.17) is 10.00 Å². The van der Waals surface area contributed by atoms with E-state index in [0.717, 1.165) is 26.1 Å². The molecule has 0 bridgehead atoms. The van der Waals surface area contributed by atoms with E-state index in [1.54, 1.807) is 12.1 Å². The molecule has 16 heavy (non-hydrogen) atoms. The molecule has 0 aromatic heterocycles. The summed E-state index contributed by atoms with van der Waals surface area (Å²) in [5.74, 6) is 0.184. The number of halogens is 1. The Bertz CT molecular complexity index is 405. The van der Waals surface area contributed by atoms with Crippen LogP contribution in [0.15, 0.2) is 18.2 Å². The number of nitriles is 1. The highest BCUT2D eigenvalue weighted by atomic mass is 19.1. The highest BCUT2D eigenvalue weighted by Crippen LogP contribution is 2.23. The normalized spacial score (nSPS) is 17.0. The smallest absolute Gasteiger partial charge is 0.127 e. The maximum absolute atomic E-state index is 13.6. The van der Waals surface area contributed by atoms with Crippen LogP contribution in [0.3, 0.4) is 0 Å². The molecule has 0 N–H and O–H groups in total. The molecule has 0 spiro atoms. The van der Waals surface area contributed by atoms with Crippen molar-refractivity contribution in [1.82, 2.24) is 0 Å². The standard InChI is InChI=1S/C13H14FNO/c14-13-3-1-2-11(9-15)12(13)8-10-4-6-16-7-5-10/h1-3,10H,4-8H2. The van der Waals surface area contributed by atoms with E-state index in [1.165, 1.54) is 6.07 Å². The van der Waals surface area contributed by atoms with Crippen molar-refractivity contribution in [3.05, 3.63) is 35.1 Å². The lowest BCUT2D eigenvalue weighted by Crippen LogP contribution is -2.18. The van der Waals surface area contributed by atoms with Crippen molar-refractivity contribution < 1.29 is 9.13 Å². The predicted molar refractivity (Wildman–Crippen MR) is 58.4 cm³/mol. The minimum atomic E-state index is -0.259. The average Bonchev–Trinajstić information content (AvgIpc) is 2.33. The molecular weight excluding hydrogens is 205 g/mol. The molecule has 2 rings (SSSR count). The Hall–Kier alpha value is -1.40. The molecule has 3 heteroatoms. The summed E-state index contributed by atoms with van der Waals surface area (Å²) in [6, 6.07) is 6.74. The van der Waals surface area contributed by atoms with Crippen molar-refractivity contribution >= 4 is 0 Å². The zero-order valence-corrected chi connectivity index (χ0v) is 9.08. The van der Waals surface area contributed by atoms with Crippen molar-refractivity contribution in [3.63, 3.8) is 0 Å². The first kappa shape index (κ1) is 11.1. The molecule has 0 atom stereocenters. The van der Waals surface area contributed by atoms with Gasteiger partial charge in [-0.25, -0.2) is 4.39 Å². The Morgan fingerprint density at radius 2 is 2.12 bits per heavy atom. The summed E-state index contributed by atoms with van der Waals surface area (Å²) >= 11 is 0. The molecular formula is C13H14FNO. The number of nitrogens with zero attached hydrogens (tertiary/aromatic N) is 1. The predicted octanol–water partition coefficient (Wildman–Crippen LogP) is 2.67. The van der Waals surface area contributed by atoms with Gasteiger partial charge in [0, 0.05) is 18.8 Å². The Balaban J connectivity index is 2.16. The van der Waals surface area contributed by atoms with Gasteiger partial charge in [-0.1, -0.05) is 6.07 Å². The third kappa shape index (κ3) is 2.40. The molecule has 0 amide bonds. The van der Waals surface area contributed by atoms with Gasteiger partial charge in [-0.3, -0.25) is 0 Å². The number of rotatable bonds is 2. The fourth-order valence-corrected chi connectivity index (χ4v) is 2.11. The van der Waals surface area contributed by atoms with Crippen LogP contribution in [0.4, 0.5) is 4.39 Å². The van der Waals surface area contributed by atoms with Crippen LogP contribution < -0.4 is 0 Å². The Labute approximate surface area is 94.7 Å². The zero-order valence-electron chi connectivity index (χ0n) is 9.08. The molecule has 2 nitrogen and oxygen atoms in total. The van der Waals surface area contributed by atoms with Crippen LogP contribution in [0.25, 0.3) is 0 Å². The maximum Gasteiger partial charge on any atom is 0.127 e. The van der Waals surface area contributed by atoms with Gasteiger partial charge in [0.15, 0.2) is 0 Å². The molecule has 1 fully saturated rings. The first-order chi connectivity index (χ1) is 7.81. The van der Waals surface area contributed by atoms with Crippen molar-refractivity contribution in [1.29, 1.82) is 5.26 Å². The van der Waals surface area contributed by atoms with Gasteiger partial charge in [0.2, 0.25) is 0 Å².